The van der Waals surface area contributed by atoms with Crippen molar-refractivity contribution in [2.24, 2.45) is 0 Å². The Bertz CT molecular complexity index is 316. The number of aromatic nitrogens is 1. The van der Waals surface area contributed by atoms with Crippen LogP contribution in [0.3, 0.4) is 0 Å². The van der Waals surface area contributed by atoms with Crippen LogP contribution in [0.4, 0.5) is 0 Å². The molecule has 0 unspecified atom stereocenters. The van der Waals surface area contributed by atoms with Gasteiger partial charge < -0.3 is 4.57 Å². The van der Waals surface area contributed by atoms with Gasteiger partial charge in [0.25, 0.3) is 0 Å². The third-order valence-corrected chi connectivity index (χ3v) is 3.49. The number of hydrogen-bond acceptors (Lipinski definition) is 4. The zero-order valence-corrected chi connectivity index (χ0v) is 10.6. The largest absolute Gasteiger partial charge is 0.474 e. The van der Waals surface area contributed by atoms with Gasteiger partial charge >= 0.3 is 7.82 Å². The summed E-state index contributed by atoms with van der Waals surface area (Å²) in [6, 6.07) is 3.84. The molecule has 16 heavy (non-hydrogen) atoms. The molecule has 0 bridgehead atoms. The van der Waals surface area contributed by atoms with Gasteiger partial charge in [-0.05, 0) is 26.0 Å². The fraction of sp³-hybridized carbons (Fsp3) is 0.600. The van der Waals surface area contributed by atoms with Crippen LogP contribution >= 0.6 is 7.82 Å². The van der Waals surface area contributed by atoms with E-state index in [2.05, 4.69) is 0 Å². The lowest BCUT2D eigenvalue weighted by atomic mass is 10.7. The quantitative estimate of drug-likeness (QED) is 0.663. The summed E-state index contributed by atoms with van der Waals surface area (Å²) in [7, 11) is -3.35. The molecule has 5 nitrogen and oxygen atoms in total. The molecule has 1 heterocycles. The van der Waals surface area contributed by atoms with E-state index in [0.29, 0.717) is 26.4 Å². The van der Waals surface area contributed by atoms with Gasteiger partial charge in [-0.15, -0.1) is 0 Å². The molecule has 0 N–H and O–H groups in total. The van der Waals surface area contributed by atoms with Crippen LogP contribution in [-0.4, -0.2) is 24.4 Å². The van der Waals surface area contributed by atoms with Gasteiger partial charge in [0, 0.05) is 18.9 Å². The second kappa shape index (κ2) is 6.86. The van der Waals surface area contributed by atoms with Crippen LogP contribution in [0.1, 0.15) is 13.8 Å². The molecule has 0 aromatic carbocycles. The van der Waals surface area contributed by atoms with Crippen molar-refractivity contribution in [3.63, 3.8) is 0 Å². The molecule has 0 aliphatic carbocycles. The summed E-state index contributed by atoms with van der Waals surface area (Å²) >= 11 is 0. The molecule has 1 aromatic heterocycles. The van der Waals surface area contributed by atoms with E-state index in [1.54, 1.807) is 13.8 Å². The minimum atomic E-state index is -3.35. The lowest BCUT2D eigenvalue weighted by molar-refractivity contribution is 0.118. The molecule has 0 spiro atoms. The Morgan fingerprint density at radius 3 is 2.12 bits per heavy atom. The molecule has 6 heteroatoms. The van der Waals surface area contributed by atoms with Crippen LogP contribution in [0, 0.1) is 0 Å². The lowest BCUT2D eigenvalue weighted by Gasteiger charge is -2.16. The van der Waals surface area contributed by atoms with E-state index in [1.165, 1.54) is 0 Å². The van der Waals surface area contributed by atoms with Crippen LogP contribution in [-0.2, 0) is 24.7 Å². The van der Waals surface area contributed by atoms with E-state index in [0.717, 1.165) is 0 Å². The van der Waals surface area contributed by atoms with Gasteiger partial charge in [0.05, 0.1) is 19.8 Å². The molecule has 92 valence electrons. The number of rotatable bonds is 8. The van der Waals surface area contributed by atoms with E-state index in [4.69, 9.17) is 13.6 Å². The molecule has 0 amide bonds. The zero-order chi connectivity index (χ0) is 11.9. The Morgan fingerprint density at radius 1 is 1.06 bits per heavy atom. The minimum absolute atomic E-state index is 0.298. The number of phosphoric acid groups is 1. The normalized spacial score (nSPS) is 11.9. The van der Waals surface area contributed by atoms with Crippen molar-refractivity contribution in [3.05, 3.63) is 24.5 Å². The Balaban J connectivity index is 2.35. The summed E-state index contributed by atoms with van der Waals surface area (Å²) in [5, 5.41) is 0. The fourth-order valence-corrected chi connectivity index (χ4v) is 2.37. The monoisotopic (exact) mass is 247 g/mol. The third kappa shape index (κ3) is 4.49. The van der Waals surface area contributed by atoms with Crippen LogP contribution in [0.2, 0.25) is 0 Å². The highest BCUT2D eigenvalue weighted by atomic mass is 31.2. The van der Waals surface area contributed by atoms with Crippen molar-refractivity contribution in [1.29, 1.82) is 0 Å². The smallest absolute Gasteiger partial charge is 0.352 e. The molecule has 1 rings (SSSR count). The Labute approximate surface area is 95.9 Å². The Morgan fingerprint density at radius 2 is 1.62 bits per heavy atom. The van der Waals surface area contributed by atoms with Gasteiger partial charge in [-0.2, -0.15) is 0 Å². The first-order valence-electron chi connectivity index (χ1n) is 5.34. The van der Waals surface area contributed by atoms with Crippen LogP contribution < -0.4 is 0 Å². The van der Waals surface area contributed by atoms with Crippen LogP contribution in [0.25, 0.3) is 0 Å². The minimum Gasteiger partial charge on any atom is -0.352 e. The number of phosphoric ester groups is 1. The van der Waals surface area contributed by atoms with Gasteiger partial charge in [0.2, 0.25) is 0 Å². The lowest BCUT2D eigenvalue weighted by Crippen LogP contribution is -2.06. The molecule has 0 radical (unpaired) electrons. The average Bonchev–Trinajstić information content (AvgIpc) is 2.71. The van der Waals surface area contributed by atoms with E-state index in [1.807, 2.05) is 29.1 Å². The van der Waals surface area contributed by atoms with E-state index >= 15 is 0 Å². The first-order valence-corrected chi connectivity index (χ1v) is 6.80. The topological polar surface area (TPSA) is 49.7 Å². The molecular formula is C10H18NO4P. The molecule has 0 aliphatic rings. The highest BCUT2D eigenvalue weighted by Gasteiger charge is 2.24. The molecule has 1 aromatic rings. The average molecular weight is 247 g/mol. The first-order chi connectivity index (χ1) is 7.70. The van der Waals surface area contributed by atoms with Crippen LogP contribution in [0.15, 0.2) is 24.5 Å². The van der Waals surface area contributed by atoms with Crippen molar-refractivity contribution in [1.82, 2.24) is 4.57 Å². The molecule has 0 aliphatic heterocycles. The van der Waals surface area contributed by atoms with E-state index in [-0.39, 0.29) is 0 Å². The highest BCUT2D eigenvalue weighted by Crippen LogP contribution is 2.48. The SMILES string of the molecule is CCOP(=O)(OCC)OCCn1cccc1. The van der Waals surface area contributed by atoms with E-state index < -0.39 is 7.82 Å². The van der Waals surface area contributed by atoms with Crippen molar-refractivity contribution >= 4 is 7.82 Å². The molecule has 0 saturated heterocycles. The predicted molar refractivity (Wildman–Crippen MR) is 61.2 cm³/mol. The molecular weight excluding hydrogens is 229 g/mol. The highest BCUT2D eigenvalue weighted by molar-refractivity contribution is 7.48. The van der Waals surface area contributed by atoms with Crippen molar-refractivity contribution in [2.75, 3.05) is 19.8 Å². The van der Waals surface area contributed by atoms with Gasteiger partial charge in [-0.3, -0.25) is 13.6 Å². The molecule has 0 saturated carbocycles. The summed E-state index contributed by atoms with van der Waals surface area (Å²) in [6.07, 6.45) is 3.82. The molecule has 0 fully saturated rings. The third-order valence-electron chi connectivity index (χ3n) is 1.84. The first kappa shape index (κ1) is 13.5. The maximum atomic E-state index is 11.9. The second-order valence-electron chi connectivity index (χ2n) is 3.04. The van der Waals surface area contributed by atoms with Gasteiger partial charge in [-0.1, -0.05) is 0 Å². The Kier molecular flexibility index (Phi) is 5.77. The second-order valence-corrected chi connectivity index (χ2v) is 4.71. The van der Waals surface area contributed by atoms with Crippen molar-refractivity contribution in [2.45, 2.75) is 20.4 Å². The Hall–Kier alpha value is -0.610. The predicted octanol–water partition coefficient (Wildman–Crippen LogP) is 2.69. The van der Waals surface area contributed by atoms with Crippen molar-refractivity contribution < 1.29 is 18.1 Å². The van der Waals surface area contributed by atoms with E-state index in [9.17, 15) is 4.57 Å². The summed E-state index contributed by atoms with van der Waals surface area (Å²) in [4.78, 5) is 0. The van der Waals surface area contributed by atoms with Crippen molar-refractivity contribution in [3.8, 4) is 0 Å². The summed E-state index contributed by atoms with van der Waals surface area (Å²) < 4.78 is 29.0. The number of nitrogens with zero attached hydrogens (tertiary/aromatic N) is 1. The molecule has 0 atom stereocenters. The summed E-state index contributed by atoms with van der Waals surface area (Å²) in [5.41, 5.74) is 0. The zero-order valence-electron chi connectivity index (χ0n) is 9.67. The summed E-state index contributed by atoms with van der Waals surface area (Å²) in [5.74, 6) is 0. The summed E-state index contributed by atoms with van der Waals surface area (Å²) in [6.45, 7) is 5.03. The van der Waals surface area contributed by atoms with Crippen LogP contribution in [0.5, 0.6) is 0 Å². The van der Waals surface area contributed by atoms with Gasteiger partial charge in [0.15, 0.2) is 0 Å². The fourth-order valence-electron chi connectivity index (χ4n) is 1.21. The maximum absolute atomic E-state index is 11.9. The maximum Gasteiger partial charge on any atom is 0.474 e. The number of hydrogen-bond donors (Lipinski definition) is 0. The standard InChI is InChI=1S/C10H18NO4P/c1-3-13-16(12,14-4-2)15-10-9-11-7-5-6-8-11/h5-8H,3-4,9-10H2,1-2H3. The van der Waals surface area contributed by atoms with Gasteiger partial charge in [0.1, 0.15) is 0 Å². The van der Waals surface area contributed by atoms with Gasteiger partial charge in [-0.25, -0.2) is 4.57 Å².